The number of methoxy groups -OCH3 is 1. The summed E-state index contributed by atoms with van der Waals surface area (Å²) in [5, 5.41) is 3.38. The van der Waals surface area contributed by atoms with Crippen molar-refractivity contribution < 1.29 is 4.74 Å². The van der Waals surface area contributed by atoms with Crippen LogP contribution in [0.3, 0.4) is 0 Å². The Balaban J connectivity index is 2.51. The van der Waals surface area contributed by atoms with Crippen LogP contribution in [0, 0.1) is 0 Å². The zero-order valence-electron chi connectivity index (χ0n) is 14.4. The maximum Gasteiger partial charge on any atom is 0.134 e. The van der Waals surface area contributed by atoms with E-state index in [1.807, 2.05) is 30.5 Å². The summed E-state index contributed by atoms with van der Waals surface area (Å²) in [7, 11) is 1.67. The molecule has 0 aliphatic heterocycles. The topological polar surface area (TPSA) is 73.1 Å². The van der Waals surface area contributed by atoms with Crippen molar-refractivity contribution in [3.05, 3.63) is 36.3 Å². The molecule has 2 aromatic rings. The summed E-state index contributed by atoms with van der Waals surface area (Å²) in [6.07, 6.45) is 2.75. The molecule has 1 heterocycles. The lowest BCUT2D eigenvalue weighted by Crippen LogP contribution is -2.18. The number of rotatable bonds is 6. The minimum Gasteiger partial charge on any atom is -0.496 e. The zero-order valence-corrected chi connectivity index (χ0v) is 14.4. The van der Waals surface area contributed by atoms with E-state index in [0.717, 1.165) is 41.5 Å². The highest BCUT2D eigenvalue weighted by Crippen LogP contribution is 2.34. The predicted molar refractivity (Wildman–Crippen MR) is 94.9 cm³/mol. The first kappa shape index (κ1) is 17.2. The zero-order chi connectivity index (χ0) is 16.9. The van der Waals surface area contributed by atoms with E-state index in [-0.39, 0.29) is 5.41 Å². The van der Waals surface area contributed by atoms with Crippen molar-refractivity contribution in [2.45, 2.75) is 32.6 Å². The molecule has 0 amide bonds. The smallest absolute Gasteiger partial charge is 0.134 e. The molecule has 124 valence electrons. The number of benzene rings is 1. The lowest BCUT2D eigenvalue weighted by molar-refractivity contribution is 0.416. The van der Waals surface area contributed by atoms with Gasteiger partial charge in [0, 0.05) is 17.5 Å². The van der Waals surface area contributed by atoms with Gasteiger partial charge >= 0.3 is 0 Å². The first-order valence-electron chi connectivity index (χ1n) is 7.92. The Morgan fingerprint density at radius 3 is 2.61 bits per heavy atom. The highest BCUT2D eigenvalue weighted by molar-refractivity contribution is 5.78. The number of anilines is 1. The number of nitrogens with zero attached hydrogens (tertiary/aromatic N) is 2. The van der Waals surface area contributed by atoms with Crippen LogP contribution in [0.25, 0.3) is 11.3 Å². The van der Waals surface area contributed by atoms with Crippen molar-refractivity contribution >= 4 is 5.69 Å². The van der Waals surface area contributed by atoms with Gasteiger partial charge in [-0.15, -0.1) is 0 Å². The third-order valence-electron chi connectivity index (χ3n) is 3.52. The molecule has 0 fully saturated rings. The lowest BCUT2D eigenvalue weighted by Gasteiger charge is -2.20. The number of ether oxygens (including phenoxy) is 1. The highest BCUT2D eigenvalue weighted by Gasteiger charge is 2.21. The van der Waals surface area contributed by atoms with E-state index in [4.69, 9.17) is 15.5 Å². The molecule has 0 unspecified atom stereocenters. The van der Waals surface area contributed by atoms with E-state index in [9.17, 15) is 0 Å². The minimum absolute atomic E-state index is 0.118. The number of aromatic nitrogens is 2. The Morgan fingerprint density at radius 2 is 1.96 bits per heavy atom. The molecule has 0 aliphatic rings. The second-order valence-corrected chi connectivity index (χ2v) is 6.48. The highest BCUT2D eigenvalue weighted by atomic mass is 16.5. The van der Waals surface area contributed by atoms with E-state index in [0.29, 0.717) is 6.54 Å². The number of hydrogen-bond acceptors (Lipinski definition) is 5. The molecule has 3 N–H and O–H groups in total. The largest absolute Gasteiger partial charge is 0.496 e. The molecule has 0 atom stereocenters. The molecule has 0 radical (unpaired) electrons. The van der Waals surface area contributed by atoms with E-state index < -0.39 is 0 Å². The Labute approximate surface area is 138 Å². The van der Waals surface area contributed by atoms with Crippen molar-refractivity contribution in [2.24, 2.45) is 5.73 Å². The summed E-state index contributed by atoms with van der Waals surface area (Å²) < 4.78 is 5.50. The molecule has 0 saturated heterocycles. The first-order chi connectivity index (χ1) is 11.0. The molecule has 1 aromatic carbocycles. The predicted octanol–water partition coefficient (Wildman–Crippen LogP) is 3.21. The van der Waals surface area contributed by atoms with Crippen molar-refractivity contribution in [3.8, 4) is 17.0 Å². The number of nitrogens with two attached hydrogens (primary N) is 1. The van der Waals surface area contributed by atoms with Gasteiger partial charge in [0.25, 0.3) is 0 Å². The van der Waals surface area contributed by atoms with Crippen molar-refractivity contribution in [1.82, 2.24) is 9.97 Å². The second kappa shape index (κ2) is 7.42. The fraction of sp³-hybridized carbons (Fsp3) is 0.444. The summed E-state index contributed by atoms with van der Waals surface area (Å²) in [4.78, 5) is 9.34. The summed E-state index contributed by atoms with van der Waals surface area (Å²) in [6, 6.07) is 7.90. The fourth-order valence-electron chi connectivity index (χ4n) is 2.24. The maximum atomic E-state index is 5.58. The molecule has 5 nitrogen and oxygen atoms in total. The monoisotopic (exact) mass is 314 g/mol. The molecule has 0 aliphatic carbocycles. The van der Waals surface area contributed by atoms with Gasteiger partial charge in [-0.05, 0) is 25.1 Å². The second-order valence-electron chi connectivity index (χ2n) is 6.48. The van der Waals surface area contributed by atoms with Gasteiger partial charge in [0.1, 0.15) is 17.3 Å². The number of nitrogens with one attached hydrogen (secondary N) is 1. The van der Waals surface area contributed by atoms with Crippen LogP contribution in [0.4, 0.5) is 5.69 Å². The van der Waals surface area contributed by atoms with Crippen molar-refractivity contribution in [3.63, 3.8) is 0 Å². The molecule has 1 aromatic heterocycles. The third kappa shape index (κ3) is 4.20. The van der Waals surface area contributed by atoms with Gasteiger partial charge in [0.05, 0.1) is 19.0 Å². The van der Waals surface area contributed by atoms with E-state index >= 15 is 0 Å². The molecule has 0 bridgehead atoms. The van der Waals surface area contributed by atoms with Crippen LogP contribution >= 0.6 is 0 Å². The Hall–Kier alpha value is -2.14. The quantitative estimate of drug-likeness (QED) is 0.801. The Bertz CT molecular complexity index is 650. The van der Waals surface area contributed by atoms with Gasteiger partial charge in [-0.25, -0.2) is 9.97 Å². The fourth-order valence-corrected chi connectivity index (χ4v) is 2.24. The first-order valence-corrected chi connectivity index (χ1v) is 7.92. The Morgan fingerprint density at radius 1 is 1.22 bits per heavy atom. The van der Waals surface area contributed by atoms with Crippen LogP contribution in [0.15, 0.2) is 30.5 Å². The number of hydrogen-bond donors (Lipinski definition) is 2. The van der Waals surface area contributed by atoms with Gasteiger partial charge < -0.3 is 15.8 Å². The van der Waals surface area contributed by atoms with Gasteiger partial charge in [0.15, 0.2) is 0 Å². The summed E-state index contributed by atoms with van der Waals surface area (Å²) >= 11 is 0. The molecular formula is C18H26N4O. The van der Waals surface area contributed by atoms with Crippen LogP contribution in [0.1, 0.15) is 33.0 Å². The van der Waals surface area contributed by atoms with Gasteiger partial charge in [0.2, 0.25) is 0 Å². The molecule has 0 spiro atoms. The lowest BCUT2D eigenvalue weighted by atomic mass is 9.95. The molecule has 5 heteroatoms. The van der Waals surface area contributed by atoms with E-state index in [2.05, 4.69) is 31.1 Å². The normalized spacial score (nSPS) is 11.3. The van der Waals surface area contributed by atoms with Gasteiger partial charge in [-0.2, -0.15) is 0 Å². The van der Waals surface area contributed by atoms with Crippen molar-refractivity contribution in [2.75, 3.05) is 25.5 Å². The van der Waals surface area contributed by atoms with Crippen LogP contribution in [-0.2, 0) is 5.41 Å². The van der Waals surface area contributed by atoms with Crippen LogP contribution in [0.2, 0.25) is 0 Å². The number of para-hydroxylation sites is 1. The molecule has 23 heavy (non-hydrogen) atoms. The maximum absolute atomic E-state index is 5.58. The average molecular weight is 314 g/mol. The molecule has 2 rings (SSSR count). The Kier molecular flexibility index (Phi) is 5.55. The van der Waals surface area contributed by atoms with Crippen LogP contribution in [-0.4, -0.2) is 30.2 Å². The average Bonchev–Trinajstić information content (AvgIpc) is 2.54. The van der Waals surface area contributed by atoms with Crippen LogP contribution in [0.5, 0.6) is 5.75 Å². The third-order valence-corrected chi connectivity index (χ3v) is 3.52. The van der Waals surface area contributed by atoms with Gasteiger partial charge in [-0.3, -0.25) is 0 Å². The molecular weight excluding hydrogens is 288 g/mol. The van der Waals surface area contributed by atoms with E-state index in [1.165, 1.54) is 0 Å². The van der Waals surface area contributed by atoms with E-state index in [1.54, 1.807) is 7.11 Å². The summed E-state index contributed by atoms with van der Waals surface area (Å²) in [6.45, 7) is 7.76. The SMILES string of the molecule is COc1ccccc1-c1nc(C(C)(C)C)ncc1NCCCN. The summed E-state index contributed by atoms with van der Waals surface area (Å²) in [5.74, 6) is 1.61. The standard InChI is InChI=1S/C18H26N4O/c1-18(2,3)17-21-12-14(20-11-7-10-19)16(22-17)13-8-5-6-9-15(13)23-4/h5-6,8-9,12,20H,7,10-11,19H2,1-4H3. The molecule has 0 saturated carbocycles. The van der Waals surface area contributed by atoms with Gasteiger partial charge in [-0.1, -0.05) is 32.9 Å². The summed E-state index contributed by atoms with van der Waals surface area (Å²) in [5.41, 5.74) is 8.18. The minimum atomic E-state index is -0.118. The van der Waals surface area contributed by atoms with Crippen molar-refractivity contribution in [1.29, 1.82) is 0 Å². The van der Waals surface area contributed by atoms with Crippen LogP contribution < -0.4 is 15.8 Å².